The van der Waals surface area contributed by atoms with E-state index in [1.165, 1.54) is 16.4 Å². The third-order valence-corrected chi connectivity index (χ3v) is 6.11. The molecule has 0 aromatic heterocycles. The van der Waals surface area contributed by atoms with E-state index in [-0.39, 0.29) is 16.8 Å². The lowest BCUT2D eigenvalue weighted by Crippen LogP contribution is -2.53. The molecule has 1 aromatic carbocycles. The molecule has 1 aromatic rings. The number of rotatable bonds is 4. The fourth-order valence-electron chi connectivity index (χ4n) is 2.63. The van der Waals surface area contributed by atoms with Crippen LogP contribution < -0.4 is 0 Å². The van der Waals surface area contributed by atoms with Gasteiger partial charge in [-0.1, -0.05) is 13.0 Å². The number of likely N-dealkylation sites (N-methyl/N-ethyl adjacent to an activating group) is 1. The van der Waals surface area contributed by atoms with Gasteiger partial charge in [-0.25, -0.2) is 12.8 Å². The molecule has 0 spiro atoms. The molecule has 7 heteroatoms. The Hall–Kier alpha value is -0.690. The predicted octanol–water partition coefficient (Wildman–Crippen LogP) is 2.28. The second-order valence-corrected chi connectivity index (χ2v) is 7.41. The highest BCUT2D eigenvalue weighted by Gasteiger charge is 2.33. The van der Waals surface area contributed by atoms with E-state index in [1.807, 2.05) is 13.8 Å². The molecule has 4 nitrogen and oxygen atoms in total. The number of hydrogen-bond acceptors (Lipinski definition) is 3. The van der Waals surface area contributed by atoms with E-state index in [1.54, 1.807) is 6.07 Å². The van der Waals surface area contributed by atoms with Gasteiger partial charge in [-0.2, -0.15) is 4.31 Å². The molecule has 1 heterocycles. The Kier molecular flexibility index (Phi) is 5.24. The van der Waals surface area contributed by atoms with Crippen LogP contribution in [-0.2, 0) is 15.9 Å². The molecule has 0 saturated carbocycles. The highest BCUT2D eigenvalue weighted by atomic mass is 35.5. The number of benzene rings is 1. The van der Waals surface area contributed by atoms with Gasteiger partial charge in [-0.3, -0.25) is 4.90 Å². The van der Waals surface area contributed by atoms with E-state index in [0.717, 1.165) is 6.54 Å². The summed E-state index contributed by atoms with van der Waals surface area (Å²) in [5.74, 6) is -0.581. The van der Waals surface area contributed by atoms with Gasteiger partial charge in [-0.15, -0.1) is 11.6 Å². The summed E-state index contributed by atoms with van der Waals surface area (Å²) in [6, 6.07) is 4.17. The van der Waals surface area contributed by atoms with Gasteiger partial charge in [0.05, 0.1) is 0 Å². The first-order chi connectivity index (χ1) is 9.90. The van der Waals surface area contributed by atoms with Crippen molar-refractivity contribution in [1.29, 1.82) is 0 Å². The first kappa shape index (κ1) is 16.7. The van der Waals surface area contributed by atoms with Crippen LogP contribution in [0, 0.1) is 5.82 Å². The van der Waals surface area contributed by atoms with Crippen LogP contribution in [0.5, 0.6) is 0 Å². The molecule has 2 rings (SSSR count). The lowest BCUT2D eigenvalue weighted by Gasteiger charge is -2.38. The summed E-state index contributed by atoms with van der Waals surface area (Å²) in [6.45, 7) is 6.35. The van der Waals surface area contributed by atoms with Crippen LogP contribution in [0.4, 0.5) is 4.39 Å². The minimum atomic E-state index is -3.79. The van der Waals surface area contributed by atoms with Crippen molar-refractivity contribution in [1.82, 2.24) is 9.21 Å². The SMILES string of the molecule is CCN1CCN(S(=O)(=O)c2ccc(CCl)cc2F)CC1C. The topological polar surface area (TPSA) is 40.6 Å². The Labute approximate surface area is 130 Å². The van der Waals surface area contributed by atoms with Crippen LogP contribution >= 0.6 is 11.6 Å². The van der Waals surface area contributed by atoms with Crippen molar-refractivity contribution in [3.63, 3.8) is 0 Å². The molecule has 0 radical (unpaired) electrons. The minimum Gasteiger partial charge on any atom is -0.298 e. The normalized spacial score (nSPS) is 21.6. The fraction of sp³-hybridized carbons (Fsp3) is 0.571. The molecule has 118 valence electrons. The minimum absolute atomic E-state index is 0.128. The van der Waals surface area contributed by atoms with Crippen molar-refractivity contribution < 1.29 is 12.8 Å². The molecule has 1 fully saturated rings. The molecule has 0 N–H and O–H groups in total. The molecule has 21 heavy (non-hydrogen) atoms. The van der Waals surface area contributed by atoms with Crippen molar-refractivity contribution >= 4 is 21.6 Å². The zero-order chi connectivity index (χ0) is 15.6. The summed E-state index contributed by atoms with van der Waals surface area (Å²) >= 11 is 5.63. The maximum atomic E-state index is 14.1. The standard InChI is InChI=1S/C14H20ClFN2O2S/c1-3-17-6-7-18(10-11(17)2)21(19,20)14-5-4-12(9-15)8-13(14)16/h4-5,8,11H,3,6-7,9-10H2,1-2H3. The third kappa shape index (κ3) is 3.39. The van der Waals surface area contributed by atoms with Crippen molar-refractivity contribution in [3.8, 4) is 0 Å². The van der Waals surface area contributed by atoms with Gasteiger partial charge in [-0.05, 0) is 31.2 Å². The summed E-state index contributed by atoms with van der Waals surface area (Å²) < 4.78 is 40.6. The first-order valence-corrected chi connectivity index (χ1v) is 8.96. The number of hydrogen-bond donors (Lipinski definition) is 0. The summed E-state index contributed by atoms with van der Waals surface area (Å²) in [6.07, 6.45) is 0. The molecule has 1 aliphatic heterocycles. The Bertz CT molecular complexity index is 609. The number of nitrogens with zero attached hydrogens (tertiary/aromatic N) is 2. The van der Waals surface area contributed by atoms with Crippen molar-refractivity contribution in [2.24, 2.45) is 0 Å². The zero-order valence-corrected chi connectivity index (χ0v) is 13.8. The smallest absolute Gasteiger partial charge is 0.246 e. The van der Waals surface area contributed by atoms with E-state index in [4.69, 9.17) is 11.6 Å². The fourth-order valence-corrected chi connectivity index (χ4v) is 4.35. The second kappa shape index (κ2) is 6.60. The molecular formula is C14H20ClFN2O2S. The Morgan fingerprint density at radius 3 is 2.62 bits per heavy atom. The Balaban J connectivity index is 2.27. The molecule has 0 bridgehead atoms. The average molecular weight is 335 g/mol. The van der Waals surface area contributed by atoms with E-state index in [9.17, 15) is 12.8 Å². The summed E-state index contributed by atoms with van der Waals surface area (Å²) in [5.41, 5.74) is 0.567. The highest BCUT2D eigenvalue weighted by Crippen LogP contribution is 2.23. The van der Waals surface area contributed by atoms with Gasteiger partial charge in [0.15, 0.2) is 0 Å². The second-order valence-electron chi connectivity index (χ2n) is 5.24. The van der Waals surface area contributed by atoms with Crippen molar-refractivity contribution in [2.75, 3.05) is 26.2 Å². The van der Waals surface area contributed by atoms with Gasteiger partial charge in [0.1, 0.15) is 10.7 Å². The van der Waals surface area contributed by atoms with Crippen LogP contribution in [0.2, 0.25) is 0 Å². The summed E-state index contributed by atoms with van der Waals surface area (Å²) in [5, 5.41) is 0. The quantitative estimate of drug-likeness (QED) is 0.793. The first-order valence-electron chi connectivity index (χ1n) is 6.98. The van der Waals surface area contributed by atoms with Crippen LogP contribution in [0.1, 0.15) is 19.4 Å². The summed E-state index contributed by atoms with van der Waals surface area (Å²) in [7, 11) is -3.79. The maximum Gasteiger partial charge on any atom is 0.246 e. The Morgan fingerprint density at radius 1 is 1.38 bits per heavy atom. The number of halogens is 2. The monoisotopic (exact) mass is 334 g/mol. The van der Waals surface area contributed by atoms with Gasteiger partial charge in [0, 0.05) is 31.6 Å². The van der Waals surface area contributed by atoms with Crippen LogP contribution in [0.3, 0.4) is 0 Å². The van der Waals surface area contributed by atoms with Gasteiger partial charge in [0.2, 0.25) is 10.0 Å². The number of alkyl halides is 1. The molecule has 1 atom stereocenters. The third-order valence-electron chi connectivity index (χ3n) is 3.90. The Morgan fingerprint density at radius 2 is 2.10 bits per heavy atom. The summed E-state index contributed by atoms with van der Waals surface area (Å²) in [4.78, 5) is 1.94. The van der Waals surface area contributed by atoms with E-state index >= 15 is 0 Å². The van der Waals surface area contributed by atoms with E-state index < -0.39 is 15.8 Å². The predicted molar refractivity (Wildman–Crippen MR) is 81.4 cm³/mol. The average Bonchev–Trinajstić information content (AvgIpc) is 2.46. The van der Waals surface area contributed by atoms with E-state index in [0.29, 0.717) is 25.2 Å². The van der Waals surface area contributed by atoms with Crippen LogP contribution in [0.25, 0.3) is 0 Å². The lowest BCUT2D eigenvalue weighted by molar-refractivity contribution is 0.135. The molecule has 0 amide bonds. The zero-order valence-electron chi connectivity index (χ0n) is 12.2. The molecule has 1 saturated heterocycles. The molecule has 1 unspecified atom stereocenters. The number of sulfonamides is 1. The van der Waals surface area contributed by atoms with Crippen molar-refractivity contribution in [2.45, 2.75) is 30.7 Å². The highest BCUT2D eigenvalue weighted by molar-refractivity contribution is 7.89. The van der Waals surface area contributed by atoms with Gasteiger partial charge < -0.3 is 0 Å². The largest absolute Gasteiger partial charge is 0.298 e. The van der Waals surface area contributed by atoms with Crippen LogP contribution in [-0.4, -0.2) is 49.8 Å². The van der Waals surface area contributed by atoms with E-state index in [2.05, 4.69) is 4.90 Å². The lowest BCUT2D eigenvalue weighted by atomic mass is 10.2. The molecular weight excluding hydrogens is 315 g/mol. The molecule has 1 aliphatic rings. The van der Waals surface area contributed by atoms with Gasteiger partial charge in [0.25, 0.3) is 0 Å². The number of piperazine rings is 1. The molecule has 0 aliphatic carbocycles. The van der Waals surface area contributed by atoms with Crippen LogP contribution in [0.15, 0.2) is 23.1 Å². The maximum absolute atomic E-state index is 14.1. The van der Waals surface area contributed by atoms with Gasteiger partial charge >= 0.3 is 0 Å². The van der Waals surface area contributed by atoms with Crippen molar-refractivity contribution in [3.05, 3.63) is 29.6 Å².